The molecule has 0 bridgehead atoms. The predicted octanol–water partition coefficient (Wildman–Crippen LogP) is 3.40. The van der Waals surface area contributed by atoms with Crippen LogP contribution in [-0.2, 0) is 0 Å². The van der Waals surface area contributed by atoms with E-state index in [0.717, 1.165) is 17.7 Å². The van der Waals surface area contributed by atoms with Crippen LogP contribution in [0.1, 0.15) is 22.5 Å². The van der Waals surface area contributed by atoms with Gasteiger partial charge in [-0.05, 0) is 37.0 Å². The number of halogens is 1. The molecule has 2 aromatic rings. The monoisotopic (exact) mass is 319 g/mol. The first kappa shape index (κ1) is 15.2. The molecule has 3 rings (SSSR count). The molecule has 5 heteroatoms. The van der Waals surface area contributed by atoms with E-state index in [9.17, 15) is 9.18 Å². The average Bonchev–Trinajstić information content (AvgIpc) is 3.04. The molecule has 1 aliphatic rings. The summed E-state index contributed by atoms with van der Waals surface area (Å²) < 4.78 is 13.8. The zero-order chi connectivity index (χ0) is 15.5. The maximum absolute atomic E-state index is 13.8. The second kappa shape index (κ2) is 6.58. The zero-order valence-electron chi connectivity index (χ0n) is 12.2. The van der Waals surface area contributed by atoms with Crippen molar-refractivity contribution >= 4 is 17.2 Å². The molecule has 1 fully saturated rings. The van der Waals surface area contributed by atoms with Crippen LogP contribution < -0.4 is 0 Å². The van der Waals surface area contributed by atoms with Crippen molar-refractivity contribution in [3.05, 3.63) is 47.1 Å². The molecular formula is C17H18FNO2S. The fraction of sp³-hybridized carbons (Fsp3) is 0.353. The lowest BCUT2D eigenvalue weighted by atomic mass is 9.98. The Balaban J connectivity index is 1.74. The molecule has 0 spiro atoms. The molecule has 3 nitrogen and oxygen atoms in total. The Morgan fingerprint density at radius 1 is 1.23 bits per heavy atom. The van der Waals surface area contributed by atoms with E-state index in [2.05, 4.69) is 0 Å². The summed E-state index contributed by atoms with van der Waals surface area (Å²) in [5.41, 5.74) is 0.533. The highest BCUT2D eigenvalue weighted by Gasteiger charge is 2.24. The molecule has 0 saturated carbocycles. The summed E-state index contributed by atoms with van der Waals surface area (Å²) in [5.74, 6) is 0.0393. The molecule has 0 unspecified atom stereocenters. The van der Waals surface area contributed by atoms with E-state index in [1.54, 1.807) is 30.3 Å². The number of benzene rings is 1. The SMILES string of the molecule is O=C(c1ccc(-c2ccccc2F)s1)N1CCC(CO)CC1. The van der Waals surface area contributed by atoms with Gasteiger partial charge in [-0.3, -0.25) is 4.79 Å². The molecule has 22 heavy (non-hydrogen) atoms. The highest BCUT2D eigenvalue weighted by molar-refractivity contribution is 7.17. The number of carbonyl (C=O) groups is 1. The maximum Gasteiger partial charge on any atom is 0.263 e. The van der Waals surface area contributed by atoms with Crippen molar-refractivity contribution in [1.29, 1.82) is 0 Å². The Kier molecular flexibility index (Phi) is 4.55. The number of piperidine rings is 1. The van der Waals surface area contributed by atoms with E-state index in [-0.39, 0.29) is 18.3 Å². The Morgan fingerprint density at radius 2 is 1.95 bits per heavy atom. The third kappa shape index (κ3) is 3.05. The summed E-state index contributed by atoms with van der Waals surface area (Å²) in [6.07, 6.45) is 1.68. The maximum atomic E-state index is 13.8. The first-order chi connectivity index (χ1) is 10.7. The van der Waals surface area contributed by atoms with Gasteiger partial charge in [-0.15, -0.1) is 11.3 Å². The van der Waals surface area contributed by atoms with Crippen LogP contribution in [0.15, 0.2) is 36.4 Å². The summed E-state index contributed by atoms with van der Waals surface area (Å²) in [6.45, 7) is 1.55. The van der Waals surface area contributed by atoms with Gasteiger partial charge >= 0.3 is 0 Å². The lowest BCUT2D eigenvalue weighted by Gasteiger charge is -2.30. The van der Waals surface area contributed by atoms with Crippen molar-refractivity contribution < 1.29 is 14.3 Å². The Bertz CT molecular complexity index is 662. The second-order valence-electron chi connectivity index (χ2n) is 5.56. The molecule has 1 aromatic carbocycles. The predicted molar refractivity (Wildman–Crippen MR) is 85.4 cm³/mol. The van der Waals surface area contributed by atoms with Crippen molar-refractivity contribution in [2.24, 2.45) is 5.92 Å². The lowest BCUT2D eigenvalue weighted by Crippen LogP contribution is -2.38. The van der Waals surface area contributed by atoms with E-state index in [0.29, 0.717) is 29.4 Å². The highest BCUT2D eigenvalue weighted by Crippen LogP contribution is 2.31. The van der Waals surface area contributed by atoms with Gasteiger partial charge in [0.1, 0.15) is 5.82 Å². The normalized spacial score (nSPS) is 16.0. The molecular weight excluding hydrogens is 301 g/mol. The number of hydrogen-bond donors (Lipinski definition) is 1. The van der Waals surface area contributed by atoms with Gasteiger partial charge in [-0.1, -0.05) is 18.2 Å². The van der Waals surface area contributed by atoms with Crippen molar-refractivity contribution in [2.75, 3.05) is 19.7 Å². The summed E-state index contributed by atoms with van der Waals surface area (Å²) in [5, 5.41) is 9.15. The Morgan fingerprint density at radius 3 is 2.64 bits per heavy atom. The topological polar surface area (TPSA) is 40.5 Å². The summed E-state index contributed by atoms with van der Waals surface area (Å²) in [4.78, 5) is 15.7. The third-order valence-corrected chi connectivity index (χ3v) is 5.22. The molecule has 1 N–H and O–H groups in total. The molecule has 1 aliphatic heterocycles. The van der Waals surface area contributed by atoms with Gasteiger partial charge in [0.2, 0.25) is 0 Å². The smallest absolute Gasteiger partial charge is 0.263 e. The van der Waals surface area contributed by atoms with Crippen molar-refractivity contribution in [3.63, 3.8) is 0 Å². The van der Waals surface area contributed by atoms with E-state index in [1.807, 2.05) is 4.90 Å². The zero-order valence-corrected chi connectivity index (χ0v) is 13.0. The van der Waals surface area contributed by atoms with Gasteiger partial charge < -0.3 is 10.0 Å². The van der Waals surface area contributed by atoms with Crippen molar-refractivity contribution in [2.45, 2.75) is 12.8 Å². The van der Waals surface area contributed by atoms with Crippen LogP contribution in [0.4, 0.5) is 4.39 Å². The first-order valence-electron chi connectivity index (χ1n) is 7.44. The fourth-order valence-electron chi connectivity index (χ4n) is 2.73. The second-order valence-corrected chi connectivity index (χ2v) is 6.65. The molecule has 1 saturated heterocycles. The van der Waals surface area contributed by atoms with Crippen LogP contribution in [0.3, 0.4) is 0 Å². The van der Waals surface area contributed by atoms with Crippen LogP contribution in [-0.4, -0.2) is 35.6 Å². The molecule has 1 amide bonds. The Labute approximate surface area is 133 Å². The van der Waals surface area contributed by atoms with Gasteiger partial charge in [0, 0.05) is 30.1 Å². The van der Waals surface area contributed by atoms with Gasteiger partial charge in [-0.2, -0.15) is 0 Å². The van der Waals surface area contributed by atoms with E-state index < -0.39 is 0 Å². The summed E-state index contributed by atoms with van der Waals surface area (Å²) >= 11 is 1.33. The molecule has 2 heterocycles. The lowest BCUT2D eigenvalue weighted by molar-refractivity contribution is 0.0655. The quantitative estimate of drug-likeness (QED) is 0.942. The van der Waals surface area contributed by atoms with Crippen molar-refractivity contribution in [1.82, 2.24) is 4.90 Å². The molecule has 0 atom stereocenters. The number of carbonyl (C=O) groups excluding carboxylic acids is 1. The third-order valence-electron chi connectivity index (χ3n) is 4.12. The van der Waals surface area contributed by atoms with Crippen LogP contribution in [0.25, 0.3) is 10.4 Å². The molecule has 1 aromatic heterocycles. The molecule has 116 valence electrons. The minimum atomic E-state index is -0.271. The van der Waals surface area contributed by atoms with E-state index in [4.69, 9.17) is 5.11 Å². The molecule has 0 radical (unpaired) electrons. The van der Waals surface area contributed by atoms with Crippen molar-refractivity contribution in [3.8, 4) is 10.4 Å². The number of likely N-dealkylation sites (tertiary alicyclic amines) is 1. The number of rotatable bonds is 3. The van der Waals surface area contributed by atoms with E-state index >= 15 is 0 Å². The van der Waals surface area contributed by atoms with Gasteiger partial charge in [0.15, 0.2) is 0 Å². The van der Waals surface area contributed by atoms with Crippen LogP contribution >= 0.6 is 11.3 Å². The number of aliphatic hydroxyl groups is 1. The van der Waals surface area contributed by atoms with Crippen LogP contribution in [0.2, 0.25) is 0 Å². The fourth-order valence-corrected chi connectivity index (χ4v) is 3.73. The van der Waals surface area contributed by atoms with Crippen LogP contribution in [0, 0.1) is 11.7 Å². The van der Waals surface area contributed by atoms with Gasteiger partial charge in [0.25, 0.3) is 5.91 Å². The minimum absolute atomic E-state index is 0.00368. The number of aliphatic hydroxyl groups excluding tert-OH is 1. The highest BCUT2D eigenvalue weighted by atomic mass is 32.1. The minimum Gasteiger partial charge on any atom is -0.396 e. The first-order valence-corrected chi connectivity index (χ1v) is 8.25. The standard InChI is InChI=1S/C17H18FNO2S/c18-14-4-2-1-3-13(14)15-5-6-16(22-15)17(21)19-9-7-12(11-20)8-10-19/h1-6,12,20H,7-11H2. The number of hydrogen-bond acceptors (Lipinski definition) is 3. The number of thiophene rings is 1. The largest absolute Gasteiger partial charge is 0.396 e. The average molecular weight is 319 g/mol. The molecule has 0 aliphatic carbocycles. The summed E-state index contributed by atoms with van der Waals surface area (Å²) in [6, 6.07) is 10.2. The van der Waals surface area contributed by atoms with E-state index in [1.165, 1.54) is 17.4 Å². The summed E-state index contributed by atoms with van der Waals surface area (Å²) in [7, 11) is 0. The number of amides is 1. The van der Waals surface area contributed by atoms with Gasteiger partial charge in [0.05, 0.1) is 4.88 Å². The Hall–Kier alpha value is -1.72. The number of nitrogens with zero attached hydrogens (tertiary/aromatic N) is 1. The van der Waals surface area contributed by atoms with Gasteiger partial charge in [-0.25, -0.2) is 4.39 Å². The van der Waals surface area contributed by atoms with Crippen LogP contribution in [0.5, 0.6) is 0 Å².